The molecule has 0 fully saturated rings. The highest BCUT2D eigenvalue weighted by Gasteiger charge is 2.31. The second-order valence-corrected chi connectivity index (χ2v) is 5.25. The Bertz CT molecular complexity index is 399. The van der Waals surface area contributed by atoms with Crippen LogP contribution in [0.5, 0.6) is 0 Å². The molecule has 0 N–H and O–H groups in total. The fraction of sp³-hybridized carbons (Fsp3) is 0.714. The summed E-state index contributed by atoms with van der Waals surface area (Å²) in [7, 11) is 0. The number of hydrogen-bond donors (Lipinski definition) is 0. The van der Waals surface area contributed by atoms with E-state index in [0.29, 0.717) is 0 Å². The lowest BCUT2D eigenvalue weighted by atomic mass is 9.82. The Hall–Kier alpha value is -1.72. The van der Waals surface area contributed by atoms with Crippen LogP contribution >= 0.6 is 0 Å². The van der Waals surface area contributed by atoms with Gasteiger partial charge in [-0.15, -0.1) is 0 Å². The van der Waals surface area contributed by atoms with Crippen LogP contribution in [0.3, 0.4) is 0 Å². The quantitative estimate of drug-likeness (QED) is 0.383. The number of unbranched alkanes of at least 4 members (excludes halogenated alkanes) is 2. The van der Waals surface area contributed by atoms with Gasteiger partial charge in [0, 0.05) is 5.92 Å². The zero-order valence-electron chi connectivity index (χ0n) is 12.1. The third kappa shape index (κ3) is 4.43. The first kappa shape index (κ1) is 16.3. The van der Waals surface area contributed by atoms with E-state index >= 15 is 0 Å². The summed E-state index contributed by atoms with van der Waals surface area (Å²) in [6.45, 7) is 4.15. The Morgan fingerprint density at radius 2 is 1.70 bits per heavy atom. The van der Waals surface area contributed by atoms with Crippen molar-refractivity contribution in [2.75, 3.05) is 0 Å². The van der Waals surface area contributed by atoms with Crippen LogP contribution in [0.4, 0.5) is 0 Å². The van der Waals surface area contributed by atoms with Gasteiger partial charge in [0.05, 0.1) is 9.85 Å². The average molecular weight is 282 g/mol. The van der Waals surface area contributed by atoms with Gasteiger partial charge in [0.15, 0.2) is 0 Å². The molecule has 6 heteroatoms. The molecule has 0 bridgehead atoms. The van der Waals surface area contributed by atoms with Crippen LogP contribution in [0.15, 0.2) is 23.5 Å². The third-order valence-corrected chi connectivity index (χ3v) is 3.85. The van der Waals surface area contributed by atoms with Gasteiger partial charge in [0.25, 0.3) is 11.4 Å². The van der Waals surface area contributed by atoms with Crippen molar-refractivity contribution >= 4 is 0 Å². The van der Waals surface area contributed by atoms with Crippen molar-refractivity contribution in [3.05, 3.63) is 43.8 Å². The van der Waals surface area contributed by atoms with Gasteiger partial charge in [0.1, 0.15) is 6.42 Å². The molecule has 20 heavy (non-hydrogen) atoms. The smallest absolute Gasteiger partial charge is 0.253 e. The molecule has 6 nitrogen and oxygen atoms in total. The van der Waals surface area contributed by atoms with Gasteiger partial charge in [0.2, 0.25) is 0 Å². The molecule has 112 valence electrons. The monoisotopic (exact) mass is 282 g/mol. The number of rotatable bonds is 8. The van der Waals surface area contributed by atoms with Crippen LogP contribution in [0, 0.1) is 32.1 Å². The van der Waals surface area contributed by atoms with Gasteiger partial charge in [-0.3, -0.25) is 20.2 Å². The fourth-order valence-corrected chi connectivity index (χ4v) is 2.64. The molecular weight excluding hydrogens is 260 g/mol. The topological polar surface area (TPSA) is 86.3 Å². The lowest BCUT2D eigenvalue weighted by Crippen LogP contribution is -2.19. The fourth-order valence-electron chi connectivity index (χ4n) is 2.64. The van der Waals surface area contributed by atoms with Crippen LogP contribution in [0.2, 0.25) is 0 Å². The zero-order valence-corrected chi connectivity index (χ0v) is 12.1. The van der Waals surface area contributed by atoms with E-state index in [1.807, 2.05) is 6.92 Å². The van der Waals surface area contributed by atoms with Crippen molar-refractivity contribution in [1.29, 1.82) is 0 Å². The molecule has 0 saturated heterocycles. The summed E-state index contributed by atoms with van der Waals surface area (Å²) in [5.74, 6) is 0.0538. The standard InChI is InChI=1S/C14H22N2O4/c1-3-5-6-7-11(4-2)12-8-13(15(17)18)10-14(9-12)16(19)20/h8-9,11-12H,3-7,10H2,1-2H3. The molecule has 1 atom stereocenters. The van der Waals surface area contributed by atoms with E-state index < -0.39 is 9.85 Å². The Morgan fingerprint density at radius 3 is 2.10 bits per heavy atom. The first-order valence-electron chi connectivity index (χ1n) is 7.19. The SMILES string of the molecule is CCCCCC(CC)C1C=C([N+](=O)[O-])CC([N+](=O)[O-])=C1. The minimum atomic E-state index is -0.498. The second-order valence-electron chi connectivity index (χ2n) is 5.25. The summed E-state index contributed by atoms with van der Waals surface area (Å²) in [6.07, 6.45) is 8.17. The Labute approximate surface area is 118 Å². The summed E-state index contributed by atoms with van der Waals surface area (Å²) < 4.78 is 0. The minimum Gasteiger partial charge on any atom is -0.259 e. The minimum absolute atomic E-state index is 0.0434. The van der Waals surface area contributed by atoms with Crippen molar-refractivity contribution in [3.63, 3.8) is 0 Å². The molecule has 0 spiro atoms. The number of hydrogen-bond acceptors (Lipinski definition) is 4. The molecule has 0 aromatic carbocycles. The molecular formula is C14H22N2O4. The molecule has 0 saturated carbocycles. The molecule has 1 aliphatic rings. The number of allylic oxidation sites excluding steroid dienone is 2. The van der Waals surface area contributed by atoms with E-state index in [-0.39, 0.29) is 29.7 Å². The first-order valence-corrected chi connectivity index (χ1v) is 7.19. The van der Waals surface area contributed by atoms with E-state index in [0.717, 1.165) is 32.1 Å². The molecule has 1 rings (SSSR count). The highest BCUT2D eigenvalue weighted by molar-refractivity contribution is 5.18. The lowest BCUT2D eigenvalue weighted by Gasteiger charge is -2.22. The molecule has 0 aromatic heterocycles. The molecule has 0 radical (unpaired) electrons. The van der Waals surface area contributed by atoms with E-state index in [2.05, 4.69) is 6.92 Å². The summed E-state index contributed by atoms with van der Waals surface area (Å²) in [5.41, 5.74) is -0.0868. The molecule has 1 aliphatic carbocycles. The molecule has 0 amide bonds. The van der Waals surface area contributed by atoms with Gasteiger partial charge in [-0.2, -0.15) is 0 Å². The lowest BCUT2D eigenvalue weighted by molar-refractivity contribution is -0.451. The van der Waals surface area contributed by atoms with Crippen molar-refractivity contribution in [3.8, 4) is 0 Å². The van der Waals surface area contributed by atoms with Crippen molar-refractivity contribution in [2.45, 2.75) is 52.4 Å². The zero-order chi connectivity index (χ0) is 15.1. The van der Waals surface area contributed by atoms with Crippen LogP contribution in [-0.2, 0) is 0 Å². The van der Waals surface area contributed by atoms with E-state index in [4.69, 9.17) is 0 Å². The maximum atomic E-state index is 10.9. The highest BCUT2D eigenvalue weighted by Crippen LogP contribution is 2.32. The predicted octanol–water partition coefficient (Wildman–Crippen LogP) is 3.93. The normalized spacial score (nSPS) is 17.3. The summed E-state index contributed by atoms with van der Waals surface area (Å²) in [4.78, 5) is 20.9. The Morgan fingerprint density at radius 1 is 1.15 bits per heavy atom. The van der Waals surface area contributed by atoms with Crippen LogP contribution in [-0.4, -0.2) is 9.85 Å². The first-order chi connectivity index (χ1) is 9.49. The summed E-state index contributed by atoms with van der Waals surface area (Å²) in [6, 6.07) is 0. The largest absolute Gasteiger partial charge is 0.259 e. The van der Waals surface area contributed by atoms with Crippen molar-refractivity contribution < 1.29 is 9.85 Å². The maximum absolute atomic E-state index is 10.9. The van der Waals surface area contributed by atoms with Gasteiger partial charge >= 0.3 is 0 Å². The van der Waals surface area contributed by atoms with Crippen LogP contribution in [0.1, 0.15) is 52.4 Å². The molecule has 1 unspecified atom stereocenters. The highest BCUT2D eigenvalue weighted by atomic mass is 16.6. The van der Waals surface area contributed by atoms with Gasteiger partial charge in [-0.25, -0.2) is 0 Å². The Balaban J connectivity index is 2.88. The van der Waals surface area contributed by atoms with Crippen LogP contribution < -0.4 is 0 Å². The number of nitrogens with zero attached hydrogens (tertiary/aromatic N) is 2. The molecule has 0 heterocycles. The van der Waals surface area contributed by atoms with E-state index in [1.165, 1.54) is 0 Å². The summed E-state index contributed by atoms with van der Waals surface area (Å²) in [5, 5.41) is 21.9. The second kappa shape index (κ2) is 7.77. The van der Waals surface area contributed by atoms with Gasteiger partial charge < -0.3 is 0 Å². The molecule has 0 aromatic rings. The van der Waals surface area contributed by atoms with E-state index in [1.54, 1.807) is 12.2 Å². The summed E-state index contributed by atoms with van der Waals surface area (Å²) >= 11 is 0. The van der Waals surface area contributed by atoms with E-state index in [9.17, 15) is 20.2 Å². The van der Waals surface area contributed by atoms with Crippen molar-refractivity contribution in [1.82, 2.24) is 0 Å². The Kier molecular flexibility index (Phi) is 6.35. The van der Waals surface area contributed by atoms with Crippen LogP contribution in [0.25, 0.3) is 0 Å². The maximum Gasteiger partial charge on any atom is 0.253 e. The van der Waals surface area contributed by atoms with Crippen molar-refractivity contribution in [2.24, 2.45) is 11.8 Å². The third-order valence-electron chi connectivity index (χ3n) is 3.85. The predicted molar refractivity (Wildman–Crippen MR) is 76.2 cm³/mol. The van der Waals surface area contributed by atoms with Gasteiger partial charge in [-0.1, -0.05) is 39.5 Å². The molecule has 0 aliphatic heterocycles. The average Bonchev–Trinajstić information content (AvgIpc) is 2.43. The number of nitro groups is 2. The van der Waals surface area contributed by atoms with Gasteiger partial charge in [-0.05, 0) is 24.5 Å².